The van der Waals surface area contributed by atoms with Gasteiger partial charge in [-0.3, -0.25) is 0 Å². The van der Waals surface area contributed by atoms with Crippen LogP contribution in [0.3, 0.4) is 0 Å². The van der Waals surface area contributed by atoms with E-state index in [0.29, 0.717) is 37.4 Å². The van der Waals surface area contributed by atoms with Crippen molar-refractivity contribution in [1.29, 1.82) is 0 Å². The lowest BCUT2D eigenvalue weighted by atomic mass is 9.55. The summed E-state index contributed by atoms with van der Waals surface area (Å²) in [6.45, 7) is 10.6. The second kappa shape index (κ2) is 16.3. The number of likely N-dealkylation sites (N-methyl/N-ethyl adjacent to an activating group) is 1. The summed E-state index contributed by atoms with van der Waals surface area (Å²) in [5.41, 5.74) is 2.72. The predicted octanol–water partition coefficient (Wildman–Crippen LogP) is 5.60. The first-order valence-corrected chi connectivity index (χ1v) is 16.1. The fourth-order valence-electron chi connectivity index (χ4n) is 7.44. The van der Waals surface area contributed by atoms with Crippen LogP contribution in [0.1, 0.15) is 63.4 Å². The predicted molar refractivity (Wildman–Crippen MR) is 172 cm³/mol. The number of rotatable bonds is 17. The van der Waals surface area contributed by atoms with Crippen LogP contribution >= 0.6 is 0 Å². The molecule has 10 heteroatoms. The van der Waals surface area contributed by atoms with E-state index in [1.165, 1.54) is 7.11 Å². The van der Waals surface area contributed by atoms with Gasteiger partial charge in [0.2, 0.25) is 5.79 Å². The van der Waals surface area contributed by atoms with Gasteiger partial charge in [0.25, 0.3) is 0 Å². The number of carbonyl (C=O) groups excluding carboxylic acids is 1. The number of allylic oxidation sites excluding steroid dienone is 1. The Kier molecular flexibility index (Phi) is 12.5. The van der Waals surface area contributed by atoms with Gasteiger partial charge in [0, 0.05) is 38.2 Å². The maximum absolute atomic E-state index is 13.3. The normalized spacial score (nSPS) is 27.4. The standard InChI is InChI=1S/C35H50N2O8/c1-6-19-43-25-15-16-30-28(22-25)32-26(14-10-12-18-39)24(13-9-11-17-38)21-27-29(36-41-5)23-31(37(4)34(40)42-8-3)35(45-30,33(27)32)44-20-7-2/h6-7,15-16,21-22,24,26,31-33,38-39H,1-2,8-14,17-20,23H2,3-5H3/t24-,26+,31-,32+,33+,35+/m0/s1. The van der Waals surface area contributed by atoms with Gasteiger partial charge in [-0.25, -0.2) is 4.79 Å². The topological polar surface area (TPSA) is 119 Å². The third-order valence-electron chi connectivity index (χ3n) is 9.24. The molecule has 1 fully saturated rings. The van der Waals surface area contributed by atoms with Crippen LogP contribution < -0.4 is 9.47 Å². The summed E-state index contributed by atoms with van der Waals surface area (Å²) in [7, 11) is 3.24. The Labute approximate surface area is 267 Å². The van der Waals surface area contributed by atoms with Crippen molar-refractivity contribution in [2.75, 3.05) is 47.2 Å². The van der Waals surface area contributed by atoms with E-state index in [1.807, 2.05) is 12.1 Å². The van der Waals surface area contributed by atoms with Gasteiger partial charge in [-0.2, -0.15) is 0 Å². The maximum Gasteiger partial charge on any atom is 0.409 e. The molecular weight excluding hydrogens is 576 g/mol. The molecule has 1 aromatic rings. The number of aliphatic hydroxyl groups excluding tert-OH is 2. The van der Waals surface area contributed by atoms with E-state index in [0.717, 1.165) is 42.5 Å². The molecule has 0 saturated heterocycles. The van der Waals surface area contributed by atoms with Gasteiger partial charge in [-0.1, -0.05) is 42.8 Å². The smallest absolute Gasteiger partial charge is 0.409 e. The number of ether oxygens (including phenoxy) is 4. The van der Waals surface area contributed by atoms with Crippen LogP contribution in [0.4, 0.5) is 4.79 Å². The number of carbonyl (C=O) groups is 1. The molecule has 3 aliphatic rings. The zero-order chi connectivity index (χ0) is 32.4. The second-order valence-electron chi connectivity index (χ2n) is 11.9. The molecule has 0 spiro atoms. The molecule has 2 N–H and O–H groups in total. The zero-order valence-corrected chi connectivity index (χ0v) is 27.0. The molecule has 1 aliphatic heterocycles. The van der Waals surface area contributed by atoms with Crippen LogP contribution in [0.25, 0.3) is 0 Å². The van der Waals surface area contributed by atoms with E-state index in [2.05, 4.69) is 30.5 Å². The van der Waals surface area contributed by atoms with Crippen LogP contribution in [0.15, 0.2) is 60.3 Å². The first-order chi connectivity index (χ1) is 21.9. The Bertz CT molecular complexity index is 1230. The molecule has 1 heterocycles. The third-order valence-corrected chi connectivity index (χ3v) is 9.24. The lowest BCUT2D eigenvalue weighted by Gasteiger charge is -2.59. The fraction of sp³-hybridized carbons (Fsp3) is 0.600. The summed E-state index contributed by atoms with van der Waals surface area (Å²) in [4.78, 5) is 20.3. The van der Waals surface area contributed by atoms with Gasteiger partial charge in [-0.15, -0.1) is 6.58 Å². The first kappa shape index (κ1) is 34.5. The van der Waals surface area contributed by atoms with Crippen molar-refractivity contribution in [2.45, 2.75) is 69.6 Å². The highest BCUT2D eigenvalue weighted by molar-refractivity contribution is 6.02. The highest BCUT2D eigenvalue weighted by Gasteiger charge is 2.65. The van der Waals surface area contributed by atoms with Crippen molar-refractivity contribution in [3.63, 3.8) is 0 Å². The lowest BCUT2D eigenvalue weighted by molar-refractivity contribution is -0.253. The molecule has 6 atom stereocenters. The van der Waals surface area contributed by atoms with Gasteiger partial charge in [0.1, 0.15) is 31.3 Å². The molecule has 0 aromatic heterocycles. The molecule has 4 rings (SSSR count). The number of oxime groups is 1. The SMILES string of the molecule is C=CCOc1ccc2c(c1)[C@H]1[C@H](CCCCO)[C@@H](CCCCO)C=C3C(=NOC)C[C@H](N(C)C(=O)OCC)[C@@](OCC=C)(O2)[C@H]31. The minimum Gasteiger partial charge on any atom is -0.490 e. The van der Waals surface area contributed by atoms with E-state index in [-0.39, 0.29) is 50.1 Å². The van der Waals surface area contributed by atoms with E-state index >= 15 is 0 Å². The first-order valence-electron chi connectivity index (χ1n) is 16.1. The summed E-state index contributed by atoms with van der Waals surface area (Å²) < 4.78 is 25.2. The van der Waals surface area contributed by atoms with Crippen LogP contribution in [-0.4, -0.2) is 85.9 Å². The van der Waals surface area contributed by atoms with Gasteiger partial charge >= 0.3 is 6.09 Å². The molecule has 0 unspecified atom stereocenters. The molecule has 248 valence electrons. The summed E-state index contributed by atoms with van der Waals surface area (Å²) >= 11 is 0. The number of hydrogen-bond acceptors (Lipinski definition) is 9. The highest BCUT2D eigenvalue weighted by Crippen LogP contribution is 2.61. The quantitative estimate of drug-likeness (QED) is 0.130. The Morgan fingerprint density at radius 3 is 2.53 bits per heavy atom. The number of aliphatic hydroxyl groups is 2. The van der Waals surface area contributed by atoms with E-state index < -0.39 is 17.9 Å². The number of fused-ring (bicyclic) bond motifs is 2. The van der Waals surface area contributed by atoms with Gasteiger partial charge < -0.3 is 38.9 Å². The Morgan fingerprint density at radius 1 is 1.13 bits per heavy atom. The number of nitrogens with zero attached hydrogens (tertiary/aromatic N) is 2. The summed E-state index contributed by atoms with van der Waals surface area (Å²) in [6.07, 6.45) is 10.4. The van der Waals surface area contributed by atoms with Crippen molar-refractivity contribution in [2.24, 2.45) is 22.9 Å². The van der Waals surface area contributed by atoms with Crippen molar-refractivity contribution in [1.82, 2.24) is 4.90 Å². The summed E-state index contributed by atoms with van der Waals surface area (Å²) in [5.74, 6) is -0.0804. The number of amides is 1. The average Bonchev–Trinajstić information content (AvgIpc) is 3.04. The molecule has 0 bridgehead atoms. The summed E-state index contributed by atoms with van der Waals surface area (Å²) in [6, 6.07) is 5.25. The molecule has 2 aliphatic carbocycles. The highest BCUT2D eigenvalue weighted by atomic mass is 16.7. The number of hydrogen-bond donors (Lipinski definition) is 2. The van der Waals surface area contributed by atoms with E-state index in [9.17, 15) is 15.0 Å². The Hall–Kier alpha value is -3.34. The van der Waals surface area contributed by atoms with Gasteiger partial charge in [-0.05, 0) is 68.2 Å². The van der Waals surface area contributed by atoms with E-state index in [1.54, 1.807) is 31.0 Å². The van der Waals surface area contributed by atoms with Crippen molar-refractivity contribution in [3.05, 3.63) is 60.7 Å². The van der Waals surface area contributed by atoms with E-state index in [4.69, 9.17) is 23.8 Å². The fourth-order valence-corrected chi connectivity index (χ4v) is 7.44. The third kappa shape index (κ3) is 7.23. The molecular formula is C35H50N2O8. The Morgan fingerprint density at radius 2 is 1.87 bits per heavy atom. The minimum atomic E-state index is -1.29. The molecule has 45 heavy (non-hydrogen) atoms. The van der Waals surface area contributed by atoms with Crippen LogP contribution in [0, 0.1) is 17.8 Å². The second-order valence-corrected chi connectivity index (χ2v) is 11.9. The summed E-state index contributed by atoms with van der Waals surface area (Å²) in [5, 5.41) is 23.8. The van der Waals surface area contributed by atoms with Gasteiger partial charge in [0.15, 0.2) is 0 Å². The van der Waals surface area contributed by atoms with Crippen LogP contribution in [0.2, 0.25) is 0 Å². The van der Waals surface area contributed by atoms with Crippen LogP contribution in [-0.2, 0) is 14.3 Å². The van der Waals surface area contributed by atoms with Crippen molar-refractivity contribution >= 4 is 11.8 Å². The molecule has 10 nitrogen and oxygen atoms in total. The molecule has 1 aromatic carbocycles. The average molecular weight is 627 g/mol. The molecule has 0 radical (unpaired) electrons. The minimum absolute atomic E-state index is 0.107. The number of unbranched alkanes of at least 4 members (excludes halogenated alkanes) is 2. The number of benzene rings is 1. The molecule has 1 amide bonds. The largest absolute Gasteiger partial charge is 0.490 e. The van der Waals surface area contributed by atoms with Crippen molar-refractivity contribution in [3.8, 4) is 11.5 Å². The maximum atomic E-state index is 13.3. The Balaban J connectivity index is 1.99. The zero-order valence-electron chi connectivity index (χ0n) is 27.0. The van der Waals surface area contributed by atoms with Crippen LogP contribution in [0.5, 0.6) is 11.5 Å². The van der Waals surface area contributed by atoms with Gasteiger partial charge in [0.05, 0.1) is 24.8 Å². The monoisotopic (exact) mass is 626 g/mol. The van der Waals surface area contributed by atoms with Crippen molar-refractivity contribution < 1.29 is 38.8 Å². The molecule has 1 saturated carbocycles. The lowest BCUT2D eigenvalue weighted by Crippen LogP contribution is -2.69.